The average molecular weight is 446 g/mol. The summed E-state index contributed by atoms with van der Waals surface area (Å²) in [7, 11) is 1.08. The fourth-order valence-corrected chi connectivity index (χ4v) is 2.70. The van der Waals surface area contributed by atoms with Crippen LogP contribution in [0.2, 0.25) is 0 Å². The maximum absolute atomic E-state index is 12.9. The third-order valence-corrected chi connectivity index (χ3v) is 4.17. The molecule has 2 aromatic carbocycles. The van der Waals surface area contributed by atoms with Crippen LogP contribution in [-0.2, 0) is 23.7 Å². The predicted octanol–water partition coefficient (Wildman–Crippen LogP) is 5.20. The molecule has 0 N–H and O–H groups in total. The number of rotatable bonds is 4. The van der Waals surface area contributed by atoms with Gasteiger partial charge in [-0.3, -0.25) is 0 Å². The van der Waals surface area contributed by atoms with Crippen molar-refractivity contribution in [3.63, 3.8) is 0 Å². The lowest BCUT2D eigenvalue weighted by atomic mass is 10.1. The van der Waals surface area contributed by atoms with Gasteiger partial charge in [0.05, 0.1) is 18.2 Å². The number of hydrogen-bond donors (Lipinski definition) is 0. The number of benzene rings is 2. The summed E-state index contributed by atoms with van der Waals surface area (Å²) in [5, 5.41) is 0.325. The van der Waals surface area contributed by atoms with Crippen LogP contribution >= 0.6 is 0 Å². The second-order valence-corrected chi connectivity index (χ2v) is 6.34. The molecule has 31 heavy (non-hydrogen) atoms. The molecular formula is C20H12F6O5. The number of hydrogen-bond acceptors (Lipinski definition) is 5. The van der Waals surface area contributed by atoms with E-state index >= 15 is 0 Å². The van der Waals surface area contributed by atoms with Crippen molar-refractivity contribution in [2.45, 2.75) is 19.0 Å². The standard InChI is InChI=1S/C20H12F6O5/c1-29-17(27)15-6-11-2-3-14(8-16(11)31-18(15)28)30-9-10-4-12(19(21,22)23)7-13(5-10)20(24,25)26/h2-8H,9H2,1H3. The van der Waals surface area contributed by atoms with Crippen LogP contribution in [0.3, 0.4) is 0 Å². The van der Waals surface area contributed by atoms with E-state index in [2.05, 4.69) is 4.74 Å². The average Bonchev–Trinajstić information content (AvgIpc) is 2.69. The first-order valence-electron chi connectivity index (χ1n) is 8.46. The zero-order valence-electron chi connectivity index (χ0n) is 15.6. The molecule has 0 spiro atoms. The first-order chi connectivity index (χ1) is 14.4. The fourth-order valence-electron chi connectivity index (χ4n) is 2.70. The van der Waals surface area contributed by atoms with Crippen LogP contribution in [0.15, 0.2) is 51.7 Å². The van der Waals surface area contributed by atoms with Crippen molar-refractivity contribution in [1.29, 1.82) is 0 Å². The summed E-state index contributed by atoms with van der Waals surface area (Å²) in [6.45, 7) is -0.608. The van der Waals surface area contributed by atoms with Crippen LogP contribution in [0.1, 0.15) is 27.0 Å². The number of halogens is 6. The van der Waals surface area contributed by atoms with E-state index in [0.29, 0.717) is 17.5 Å². The SMILES string of the molecule is COC(=O)c1cc2ccc(OCc3cc(C(F)(F)F)cc(C(F)(F)F)c3)cc2oc1=O. The molecule has 0 radical (unpaired) electrons. The molecule has 0 saturated heterocycles. The first kappa shape index (κ1) is 22.2. The van der Waals surface area contributed by atoms with Crippen LogP contribution in [0.25, 0.3) is 11.0 Å². The van der Waals surface area contributed by atoms with Crippen molar-refractivity contribution in [3.05, 3.63) is 75.1 Å². The van der Waals surface area contributed by atoms with Gasteiger partial charge in [-0.15, -0.1) is 0 Å². The Morgan fingerprint density at radius 3 is 2.10 bits per heavy atom. The molecule has 0 saturated carbocycles. The van der Waals surface area contributed by atoms with Gasteiger partial charge in [0, 0.05) is 11.5 Å². The minimum absolute atomic E-state index is 0.00447. The number of esters is 1. The molecule has 0 aliphatic heterocycles. The highest BCUT2D eigenvalue weighted by atomic mass is 19.4. The molecule has 0 bridgehead atoms. The molecule has 0 aliphatic carbocycles. The van der Waals surface area contributed by atoms with Gasteiger partial charge in [-0.1, -0.05) is 0 Å². The Balaban J connectivity index is 1.90. The third kappa shape index (κ3) is 4.98. The van der Waals surface area contributed by atoms with Gasteiger partial charge in [-0.05, 0) is 42.0 Å². The zero-order chi connectivity index (χ0) is 23.0. The molecule has 0 aliphatic rings. The topological polar surface area (TPSA) is 65.7 Å². The highest BCUT2D eigenvalue weighted by Gasteiger charge is 2.36. The van der Waals surface area contributed by atoms with Gasteiger partial charge < -0.3 is 13.9 Å². The van der Waals surface area contributed by atoms with E-state index in [1.165, 1.54) is 24.3 Å². The first-order valence-corrected chi connectivity index (χ1v) is 8.46. The summed E-state index contributed by atoms with van der Waals surface area (Å²) in [6.07, 6.45) is -9.95. The summed E-state index contributed by atoms with van der Waals surface area (Å²) in [5.74, 6) is -0.881. The normalized spacial score (nSPS) is 12.1. The number of alkyl halides is 6. The largest absolute Gasteiger partial charge is 0.489 e. The van der Waals surface area contributed by atoms with Crippen LogP contribution in [0, 0.1) is 0 Å². The van der Waals surface area contributed by atoms with Crippen molar-refractivity contribution in [2.75, 3.05) is 7.11 Å². The van der Waals surface area contributed by atoms with E-state index in [1.807, 2.05) is 0 Å². The Bertz CT molecular complexity index is 1160. The van der Waals surface area contributed by atoms with Crippen molar-refractivity contribution < 1.29 is 45.0 Å². The molecule has 1 heterocycles. The van der Waals surface area contributed by atoms with Crippen molar-refractivity contribution in [3.8, 4) is 5.75 Å². The van der Waals surface area contributed by atoms with Gasteiger partial charge in [-0.2, -0.15) is 26.3 Å². The van der Waals surface area contributed by atoms with Crippen LogP contribution in [-0.4, -0.2) is 13.1 Å². The van der Waals surface area contributed by atoms with Crippen LogP contribution in [0.5, 0.6) is 5.75 Å². The van der Waals surface area contributed by atoms with E-state index in [9.17, 15) is 35.9 Å². The molecule has 3 rings (SSSR count). The Morgan fingerprint density at radius 1 is 0.935 bits per heavy atom. The van der Waals surface area contributed by atoms with Crippen LogP contribution in [0.4, 0.5) is 26.3 Å². The van der Waals surface area contributed by atoms with Gasteiger partial charge in [0.2, 0.25) is 0 Å². The molecule has 0 amide bonds. The second kappa shape index (κ2) is 7.97. The van der Waals surface area contributed by atoms with Gasteiger partial charge in [0.1, 0.15) is 23.5 Å². The third-order valence-electron chi connectivity index (χ3n) is 4.17. The lowest BCUT2D eigenvalue weighted by Gasteiger charge is -2.14. The van der Waals surface area contributed by atoms with Crippen molar-refractivity contribution >= 4 is 16.9 Å². The number of fused-ring (bicyclic) bond motifs is 1. The number of carbonyl (C=O) groups excluding carboxylic acids is 1. The molecule has 164 valence electrons. The van der Waals surface area contributed by atoms with E-state index in [0.717, 1.165) is 7.11 Å². The Kier molecular flexibility index (Phi) is 5.70. The zero-order valence-corrected chi connectivity index (χ0v) is 15.6. The van der Waals surface area contributed by atoms with Gasteiger partial charge >= 0.3 is 23.9 Å². The molecule has 0 fully saturated rings. The quantitative estimate of drug-likeness (QED) is 0.313. The molecule has 1 aromatic heterocycles. The maximum Gasteiger partial charge on any atom is 0.416 e. The lowest BCUT2D eigenvalue weighted by Crippen LogP contribution is -2.14. The number of ether oxygens (including phenoxy) is 2. The lowest BCUT2D eigenvalue weighted by molar-refractivity contribution is -0.143. The highest BCUT2D eigenvalue weighted by molar-refractivity contribution is 5.92. The molecule has 5 nitrogen and oxygen atoms in total. The predicted molar refractivity (Wildman–Crippen MR) is 94.6 cm³/mol. The van der Waals surface area contributed by atoms with Gasteiger partial charge in [0.15, 0.2) is 0 Å². The van der Waals surface area contributed by atoms with Gasteiger partial charge in [-0.25, -0.2) is 9.59 Å². The molecule has 0 atom stereocenters. The van der Waals surface area contributed by atoms with Crippen molar-refractivity contribution in [1.82, 2.24) is 0 Å². The maximum atomic E-state index is 12.9. The Morgan fingerprint density at radius 2 is 1.55 bits per heavy atom. The van der Waals surface area contributed by atoms with Crippen molar-refractivity contribution in [2.24, 2.45) is 0 Å². The summed E-state index contributed by atoms with van der Waals surface area (Å²) in [5.41, 5.74) is -4.60. The Hall–Kier alpha value is -3.50. The van der Waals surface area contributed by atoms with E-state index in [-0.39, 0.29) is 28.5 Å². The summed E-state index contributed by atoms with van der Waals surface area (Å²) < 4.78 is 92.4. The molecule has 11 heteroatoms. The van der Waals surface area contributed by atoms with Crippen LogP contribution < -0.4 is 10.4 Å². The number of carbonyl (C=O) groups is 1. The van der Waals surface area contributed by atoms with E-state index in [4.69, 9.17) is 9.15 Å². The second-order valence-electron chi connectivity index (χ2n) is 6.34. The molecule has 0 unspecified atom stereocenters. The fraction of sp³-hybridized carbons (Fsp3) is 0.200. The highest BCUT2D eigenvalue weighted by Crippen LogP contribution is 2.36. The van der Waals surface area contributed by atoms with Gasteiger partial charge in [0.25, 0.3) is 0 Å². The van der Waals surface area contributed by atoms with E-state index in [1.54, 1.807) is 0 Å². The molecule has 3 aromatic rings. The number of methoxy groups -OCH3 is 1. The van der Waals surface area contributed by atoms with E-state index < -0.39 is 41.7 Å². The summed E-state index contributed by atoms with van der Waals surface area (Å²) >= 11 is 0. The minimum atomic E-state index is -4.97. The monoisotopic (exact) mass is 446 g/mol. The molecular weight excluding hydrogens is 434 g/mol. The summed E-state index contributed by atoms with van der Waals surface area (Å²) in [4.78, 5) is 23.4. The minimum Gasteiger partial charge on any atom is -0.489 e. The summed E-state index contributed by atoms with van der Waals surface area (Å²) in [6, 6.07) is 6.31. The smallest absolute Gasteiger partial charge is 0.416 e. The Labute approximate surface area is 169 Å².